The number of fused-ring (bicyclic) bond motifs is 2. The van der Waals surface area contributed by atoms with Crippen LogP contribution in [-0.4, -0.2) is 83.7 Å². The lowest BCUT2D eigenvalue weighted by Gasteiger charge is -2.49. The molecule has 35 heavy (non-hydrogen) atoms. The number of oxime groups is 1. The number of nitrogens with one attached hydrogen (secondary N) is 1. The minimum Gasteiger partial charge on any atom is -0.477 e. The predicted octanol–water partition coefficient (Wildman–Crippen LogP) is -1.63. The molecule has 0 unspecified atom stereocenters. The van der Waals surface area contributed by atoms with Crippen LogP contribution in [0.15, 0.2) is 34.8 Å². The van der Waals surface area contributed by atoms with Gasteiger partial charge in [-0.3, -0.25) is 14.5 Å². The van der Waals surface area contributed by atoms with E-state index >= 15 is 0 Å². The summed E-state index contributed by atoms with van der Waals surface area (Å²) in [5.41, 5.74) is 6.97. The Morgan fingerprint density at radius 2 is 2.29 bits per heavy atom. The average Bonchev–Trinajstić information content (AvgIpc) is 3.45. The van der Waals surface area contributed by atoms with Crippen molar-refractivity contribution in [1.82, 2.24) is 29.6 Å². The first kappa shape index (κ1) is 23.1. The third-order valence-electron chi connectivity index (χ3n) is 5.63. The lowest BCUT2D eigenvalue weighted by atomic mass is 10.0. The highest BCUT2D eigenvalue weighted by atomic mass is 32.2. The van der Waals surface area contributed by atoms with Gasteiger partial charge >= 0.3 is 5.97 Å². The molecule has 0 saturated carbocycles. The largest absolute Gasteiger partial charge is 0.477 e. The second-order valence-electron chi connectivity index (χ2n) is 7.84. The van der Waals surface area contributed by atoms with Crippen molar-refractivity contribution in [3.05, 3.63) is 41.1 Å². The number of hydrogen-bond donors (Lipinski definition) is 3. The lowest BCUT2D eigenvalue weighted by molar-refractivity contribution is -0.758. The van der Waals surface area contributed by atoms with Gasteiger partial charge in [0.05, 0.1) is 12.7 Å². The SMILES string of the molecule is CO/N=C(/C(=O)N[C@@H]1C(=O)N2C(C(=O)O)=C(CN3Cc4cccn[n+]4C3)CS[C@H]12)c1nsc(N)n1. The molecule has 182 valence electrons. The molecule has 1 fully saturated rings. The number of nitrogen functional groups attached to an aromatic ring is 1. The number of carbonyl (C=O) groups is 3. The van der Waals surface area contributed by atoms with Crippen molar-refractivity contribution < 1.29 is 29.0 Å². The van der Waals surface area contributed by atoms with E-state index in [1.54, 1.807) is 6.20 Å². The minimum absolute atomic E-state index is 0.0286. The number of nitrogens with zero attached hydrogens (tertiary/aromatic N) is 7. The monoisotopic (exact) mass is 518 g/mol. The number of carboxylic acid groups (broad SMARTS) is 1. The summed E-state index contributed by atoms with van der Waals surface area (Å²) in [5, 5.41) is 20.1. The Hall–Kier alpha value is -3.63. The Morgan fingerprint density at radius 3 is 2.97 bits per heavy atom. The van der Waals surface area contributed by atoms with Crippen molar-refractivity contribution in [2.45, 2.75) is 24.6 Å². The number of nitrogens with two attached hydrogens (primary N) is 1. The normalized spacial score (nSPS) is 21.9. The summed E-state index contributed by atoms with van der Waals surface area (Å²) in [6.45, 7) is 1.54. The van der Waals surface area contributed by atoms with E-state index in [0.717, 1.165) is 17.2 Å². The van der Waals surface area contributed by atoms with Crippen LogP contribution >= 0.6 is 23.3 Å². The van der Waals surface area contributed by atoms with E-state index in [4.69, 9.17) is 10.6 Å². The van der Waals surface area contributed by atoms with E-state index in [0.29, 0.717) is 31.1 Å². The van der Waals surface area contributed by atoms with Crippen LogP contribution in [0.3, 0.4) is 0 Å². The van der Waals surface area contributed by atoms with Crippen LogP contribution in [0.2, 0.25) is 0 Å². The van der Waals surface area contributed by atoms with Crippen LogP contribution in [0.25, 0.3) is 0 Å². The minimum atomic E-state index is -1.19. The number of aromatic nitrogens is 4. The first-order chi connectivity index (χ1) is 16.9. The van der Waals surface area contributed by atoms with Gasteiger partial charge in [-0.05, 0) is 16.7 Å². The van der Waals surface area contributed by atoms with E-state index in [1.165, 1.54) is 23.8 Å². The maximum Gasteiger partial charge on any atom is 0.352 e. The van der Waals surface area contributed by atoms with Crippen LogP contribution in [0, 0.1) is 0 Å². The second-order valence-corrected chi connectivity index (χ2v) is 9.73. The fourth-order valence-corrected chi connectivity index (χ4v) is 5.93. The molecule has 3 aliphatic rings. The molecule has 5 rings (SSSR count). The summed E-state index contributed by atoms with van der Waals surface area (Å²) < 4.78 is 5.81. The summed E-state index contributed by atoms with van der Waals surface area (Å²) in [7, 11) is 1.26. The topological polar surface area (TPSA) is 180 Å². The van der Waals surface area contributed by atoms with Crippen molar-refractivity contribution >= 4 is 51.9 Å². The number of aliphatic carboxylic acids is 1. The molecule has 5 heterocycles. The zero-order chi connectivity index (χ0) is 24.7. The number of carbonyl (C=O) groups excluding carboxylic acids is 2. The molecule has 0 aromatic carbocycles. The molecule has 0 bridgehead atoms. The number of β-lactam (4-membered cyclic amide) rings is 1. The third kappa shape index (κ3) is 4.19. The highest BCUT2D eigenvalue weighted by Gasteiger charge is 2.54. The molecular weight excluding hydrogens is 498 g/mol. The Bertz CT molecular complexity index is 1250. The van der Waals surface area contributed by atoms with E-state index in [1.807, 2.05) is 16.8 Å². The van der Waals surface area contributed by atoms with Crippen LogP contribution in [-0.2, 0) is 32.4 Å². The summed E-state index contributed by atoms with van der Waals surface area (Å²) in [4.78, 5) is 49.9. The van der Waals surface area contributed by atoms with Gasteiger partial charge in [-0.1, -0.05) is 9.84 Å². The van der Waals surface area contributed by atoms with Crippen molar-refractivity contribution in [3.63, 3.8) is 0 Å². The van der Waals surface area contributed by atoms with E-state index in [2.05, 4.69) is 29.8 Å². The molecule has 0 radical (unpaired) electrons. The maximum absolute atomic E-state index is 13.0. The van der Waals surface area contributed by atoms with Gasteiger partial charge in [-0.15, -0.1) is 11.8 Å². The molecule has 2 aromatic rings. The van der Waals surface area contributed by atoms with Gasteiger partial charge in [0.2, 0.25) is 23.9 Å². The molecular formula is C19H20N9O5S2+. The number of anilines is 1. The van der Waals surface area contributed by atoms with Crippen molar-refractivity contribution in [2.75, 3.05) is 25.1 Å². The number of carboxylic acids is 1. The van der Waals surface area contributed by atoms with Gasteiger partial charge in [0, 0.05) is 29.9 Å². The fraction of sp³-hybridized carbons (Fsp3) is 0.368. The first-order valence-electron chi connectivity index (χ1n) is 10.3. The lowest BCUT2D eigenvalue weighted by Crippen LogP contribution is -2.71. The van der Waals surface area contributed by atoms with Crippen LogP contribution < -0.4 is 15.7 Å². The smallest absolute Gasteiger partial charge is 0.352 e. The molecule has 16 heteroatoms. The Balaban J connectivity index is 1.31. The zero-order valence-electron chi connectivity index (χ0n) is 18.3. The Kier molecular flexibility index (Phi) is 6.08. The van der Waals surface area contributed by atoms with E-state index in [9.17, 15) is 19.5 Å². The maximum atomic E-state index is 13.0. The van der Waals surface area contributed by atoms with Crippen LogP contribution in [0.5, 0.6) is 0 Å². The van der Waals surface area contributed by atoms with Gasteiger partial charge in [0.15, 0.2) is 5.13 Å². The summed E-state index contributed by atoms with van der Waals surface area (Å²) in [6, 6.07) is 2.89. The molecule has 0 spiro atoms. The van der Waals surface area contributed by atoms with Crippen molar-refractivity contribution in [1.29, 1.82) is 0 Å². The summed E-state index contributed by atoms with van der Waals surface area (Å²) in [5.74, 6) is -2.06. The summed E-state index contributed by atoms with van der Waals surface area (Å²) in [6.07, 6.45) is 1.70. The van der Waals surface area contributed by atoms with Gasteiger partial charge in [-0.2, -0.15) is 9.36 Å². The molecule has 1 saturated heterocycles. The zero-order valence-corrected chi connectivity index (χ0v) is 20.0. The summed E-state index contributed by atoms with van der Waals surface area (Å²) >= 11 is 2.27. The number of amides is 2. The van der Waals surface area contributed by atoms with Gasteiger partial charge in [0.25, 0.3) is 11.8 Å². The molecule has 2 atom stereocenters. The van der Waals surface area contributed by atoms with Crippen LogP contribution in [0.1, 0.15) is 11.5 Å². The molecule has 2 amide bonds. The predicted molar refractivity (Wildman–Crippen MR) is 122 cm³/mol. The molecule has 3 aliphatic heterocycles. The van der Waals surface area contributed by atoms with E-state index in [-0.39, 0.29) is 22.4 Å². The standard InChI is InChI=1S/C19H19N9O5S2/c1-33-24-11(14-23-19(20)35-25-14)15(29)22-12-16(30)28-13(18(31)32)9(7-34-17(12)28)5-26-6-10-3-2-4-21-27(10)8-26/h2-4,12,17H,5-8H2,1H3,(H3-,20,22,23,25,29,31,32)/p+1/b24-11+/t12-,17-/m1/s1. The quantitative estimate of drug-likeness (QED) is 0.166. The Labute approximate surface area is 206 Å². The average molecular weight is 519 g/mol. The Morgan fingerprint density at radius 1 is 1.46 bits per heavy atom. The van der Waals surface area contributed by atoms with Crippen LogP contribution in [0.4, 0.5) is 5.13 Å². The van der Waals surface area contributed by atoms with Gasteiger partial charge < -0.3 is 21.0 Å². The van der Waals surface area contributed by atoms with Crippen molar-refractivity contribution in [2.24, 2.45) is 5.16 Å². The number of rotatable bonds is 7. The highest BCUT2D eigenvalue weighted by molar-refractivity contribution is 8.00. The van der Waals surface area contributed by atoms with Gasteiger partial charge in [0.1, 0.15) is 24.2 Å². The van der Waals surface area contributed by atoms with Gasteiger partial charge in [-0.25, -0.2) is 9.69 Å². The molecule has 0 aliphatic carbocycles. The molecule has 14 nitrogen and oxygen atoms in total. The number of hydrogen-bond acceptors (Lipinski definition) is 12. The van der Waals surface area contributed by atoms with E-state index < -0.39 is 29.2 Å². The first-order valence-corrected chi connectivity index (χ1v) is 12.2. The highest BCUT2D eigenvalue weighted by Crippen LogP contribution is 2.40. The fourth-order valence-electron chi connectivity index (χ4n) is 4.16. The van der Waals surface area contributed by atoms with Crippen molar-refractivity contribution in [3.8, 4) is 0 Å². The molecule has 4 N–H and O–H groups in total. The number of thioether (sulfide) groups is 1. The second kappa shape index (κ2) is 9.20. The molecule has 2 aromatic heterocycles. The third-order valence-corrected chi connectivity index (χ3v) is 7.52.